The molecule has 0 amide bonds. The molecule has 4 heteroatoms. The molecule has 0 aliphatic carbocycles. The van der Waals surface area contributed by atoms with Crippen molar-refractivity contribution in [3.8, 4) is 11.8 Å². The summed E-state index contributed by atoms with van der Waals surface area (Å²) in [7, 11) is 0. The first-order valence-electron chi connectivity index (χ1n) is 6.59. The number of nitrogens with zero attached hydrogens (tertiary/aromatic N) is 1. The summed E-state index contributed by atoms with van der Waals surface area (Å²) in [4.78, 5) is 0. The maximum Gasteiger partial charge on any atom is 0.119 e. The number of ether oxygens (including phenoxy) is 1. The Balaban J connectivity index is 2.26. The van der Waals surface area contributed by atoms with Gasteiger partial charge in [0.25, 0.3) is 0 Å². The van der Waals surface area contributed by atoms with Crippen LogP contribution in [0.15, 0.2) is 24.3 Å². The van der Waals surface area contributed by atoms with Crippen LogP contribution in [0.4, 0.5) is 0 Å². The van der Waals surface area contributed by atoms with E-state index in [1.807, 2.05) is 24.3 Å². The molecule has 4 nitrogen and oxygen atoms in total. The predicted molar refractivity (Wildman–Crippen MR) is 75.0 cm³/mol. The van der Waals surface area contributed by atoms with Crippen molar-refractivity contribution in [2.75, 3.05) is 19.7 Å². The number of nitriles is 1. The van der Waals surface area contributed by atoms with E-state index in [1.165, 1.54) is 0 Å². The fourth-order valence-electron chi connectivity index (χ4n) is 1.58. The van der Waals surface area contributed by atoms with Crippen LogP contribution in [0.5, 0.6) is 5.75 Å². The van der Waals surface area contributed by atoms with Gasteiger partial charge in [0.05, 0.1) is 12.5 Å². The Kier molecular flexibility index (Phi) is 6.94. The van der Waals surface area contributed by atoms with E-state index in [2.05, 4.69) is 25.2 Å². The number of aliphatic hydroxyl groups is 1. The fraction of sp³-hybridized carbons (Fsp3) is 0.533. The Bertz CT molecular complexity index is 396. The van der Waals surface area contributed by atoms with Gasteiger partial charge in [-0.1, -0.05) is 26.0 Å². The fourth-order valence-corrected chi connectivity index (χ4v) is 1.58. The first kappa shape index (κ1) is 15.5. The number of aliphatic hydroxyl groups excluding tert-OH is 1. The highest BCUT2D eigenvalue weighted by Crippen LogP contribution is 2.12. The standard InChI is InChI=1S/C15H22N2O2/c1-12(2)9-17-10-14(18)11-19-15-5-3-13(4-6-15)7-8-16/h3-6,12,14,17-18H,7,9-11H2,1-2H3. The maximum atomic E-state index is 9.73. The second-order valence-corrected chi connectivity index (χ2v) is 5.00. The average molecular weight is 262 g/mol. The van der Waals surface area contributed by atoms with Crippen LogP contribution in [0.3, 0.4) is 0 Å². The quantitative estimate of drug-likeness (QED) is 0.749. The molecule has 1 aromatic rings. The highest BCUT2D eigenvalue weighted by Gasteiger charge is 2.05. The molecule has 19 heavy (non-hydrogen) atoms. The van der Waals surface area contributed by atoms with E-state index in [9.17, 15) is 5.11 Å². The van der Waals surface area contributed by atoms with Crippen molar-refractivity contribution in [3.63, 3.8) is 0 Å². The lowest BCUT2D eigenvalue weighted by molar-refractivity contribution is 0.106. The molecule has 2 N–H and O–H groups in total. The molecule has 1 atom stereocenters. The van der Waals surface area contributed by atoms with Crippen LogP contribution in [0, 0.1) is 17.2 Å². The van der Waals surface area contributed by atoms with Crippen LogP contribution in [-0.2, 0) is 6.42 Å². The lowest BCUT2D eigenvalue weighted by Gasteiger charge is -2.14. The minimum atomic E-state index is -0.516. The SMILES string of the molecule is CC(C)CNCC(O)COc1ccc(CC#N)cc1. The highest BCUT2D eigenvalue weighted by atomic mass is 16.5. The third-order valence-corrected chi connectivity index (χ3v) is 2.58. The summed E-state index contributed by atoms with van der Waals surface area (Å²) in [6, 6.07) is 9.46. The molecule has 0 heterocycles. The molecule has 1 unspecified atom stereocenters. The molecule has 0 aromatic heterocycles. The van der Waals surface area contributed by atoms with E-state index < -0.39 is 6.10 Å². The van der Waals surface area contributed by atoms with Gasteiger partial charge in [0.1, 0.15) is 18.5 Å². The zero-order chi connectivity index (χ0) is 14.1. The molecule has 0 aliphatic heterocycles. The highest BCUT2D eigenvalue weighted by molar-refractivity contribution is 5.28. The summed E-state index contributed by atoms with van der Waals surface area (Å²) in [5, 5.41) is 21.5. The maximum absolute atomic E-state index is 9.73. The van der Waals surface area contributed by atoms with Crippen LogP contribution in [-0.4, -0.2) is 30.9 Å². The molecule has 1 rings (SSSR count). The third kappa shape index (κ3) is 6.80. The molecular weight excluding hydrogens is 240 g/mol. The van der Waals surface area contributed by atoms with Gasteiger partial charge in [0.2, 0.25) is 0 Å². The summed E-state index contributed by atoms with van der Waals surface area (Å²) >= 11 is 0. The van der Waals surface area contributed by atoms with Gasteiger partial charge < -0.3 is 15.2 Å². The second kappa shape index (κ2) is 8.52. The van der Waals surface area contributed by atoms with Crippen LogP contribution in [0.25, 0.3) is 0 Å². The van der Waals surface area contributed by atoms with Gasteiger partial charge in [0, 0.05) is 6.54 Å². The van der Waals surface area contributed by atoms with E-state index in [1.54, 1.807) is 0 Å². The van der Waals surface area contributed by atoms with Gasteiger partial charge in [-0.15, -0.1) is 0 Å². The summed E-state index contributed by atoms with van der Waals surface area (Å²) in [5.41, 5.74) is 0.967. The normalized spacial score (nSPS) is 12.2. The molecular formula is C15H22N2O2. The summed E-state index contributed by atoms with van der Waals surface area (Å²) in [5.74, 6) is 1.28. The summed E-state index contributed by atoms with van der Waals surface area (Å²) in [6.07, 6.45) is -0.111. The zero-order valence-corrected chi connectivity index (χ0v) is 11.6. The predicted octanol–water partition coefficient (Wildman–Crippen LogP) is 1.74. The van der Waals surface area contributed by atoms with Crippen molar-refractivity contribution >= 4 is 0 Å². The Morgan fingerprint density at radius 2 is 1.95 bits per heavy atom. The van der Waals surface area contributed by atoms with Crippen molar-refractivity contribution < 1.29 is 9.84 Å². The number of hydrogen-bond donors (Lipinski definition) is 2. The molecule has 104 valence electrons. The van der Waals surface area contributed by atoms with E-state index in [4.69, 9.17) is 10.00 Å². The molecule has 0 saturated carbocycles. The lowest BCUT2D eigenvalue weighted by Crippen LogP contribution is -2.33. The van der Waals surface area contributed by atoms with Gasteiger partial charge in [-0.25, -0.2) is 0 Å². The monoisotopic (exact) mass is 262 g/mol. The lowest BCUT2D eigenvalue weighted by atomic mass is 10.2. The Hall–Kier alpha value is -1.57. The number of hydrogen-bond acceptors (Lipinski definition) is 4. The van der Waals surface area contributed by atoms with Crippen molar-refractivity contribution in [2.24, 2.45) is 5.92 Å². The van der Waals surface area contributed by atoms with E-state index in [0.29, 0.717) is 24.6 Å². The van der Waals surface area contributed by atoms with Crippen molar-refractivity contribution in [3.05, 3.63) is 29.8 Å². The van der Waals surface area contributed by atoms with Crippen LogP contribution >= 0.6 is 0 Å². The topological polar surface area (TPSA) is 65.3 Å². The Morgan fingerprint density at radius 1 is 1.26 bits per heavy atom. The molecule has 0 bridgehead atoms. The molecule has 0 aliphatic rings. The minimum Gasteiger partial charge on any atom is -0.491 e. The number of nitrogens with one attached hydrogen (secondary N) is 1. The van der Waals surface area contributed by atoms with Gasteiger partial charge in [-0.3, -0.25) is 0 Å². The smallest absolute Gasteiger partial charge is 0.119 e. The van der Waals surface area contributed by atoms with Gasteiger partial charge in [-0.05, 0) is 30.2 Å². The molecule has 0 spiro atoms. The van der Waals surface area contributed by atoms with Gasteiger partial charge in [-0.2, -0.15) is 5.26 Å². The number of rotatable bonds is 8. The van der Waals surface area contributed by atoms with E-state index in [-0.39, 0.29) is 6.61 Å². The average Bonchev–Trinajstić information content (AvgIpc) is 2.38. The van der Waals surface area contributed by atoms with Crippen molar-refractivity contribution in [1.29, 1.82) is 5.26 Å². The van der Waals surface area contributed by atoms with E-state index in [0.717, 1.165) is 12.1 Å². The van der Waals surface area contributed by atoms with Gasteiger partial charge in [0.15, 0.2) is 0 Å². The zero-order valence-electron chi connectivity index (χ0n) is 11.6. The van der Waals surface area contributed by atoms with Gasteiger partial charge >= 0.3 is 0 Å². The van der Waals surface area contributed by atoms with Crippen LogP contribution in [0.1, 0.15) is 19.4 Å². The molecule has 0 saturated heterocycles. The molecule has 0 fully saturated rings. The van der Waals surface area contributed by atoms with E-state index >= 15 is 0 Å². The Labute approximate surface area is 115 Å². The number of benzene rings is 1. The summed E-state index contributed by atoms with van der Waals surface area (Å²) in [6.45, 7) is 5.94. The first-order chi connectivity index (χ1) is 9.11. The Morgan fingerprint density at radius 3 is 2.53 bits per heavy atom. The summed E-state index contributed by atoms with van der Waals surface area (Å²) < 4.78 is 5.49. The second-order valence-electron chi connectivity index (χ2n) is 5.00. The molecule has 1 aromatic carbocycles. The van der Waals surface area contributed by atoms with Crippen LogP contribution < -0.4 is 10.1 Å². The van der Waals surface area contributed by atoms with Crippen LogP contribution in [0.2, 0.25) is 0 Å². The minimum absolute atomic E-state index is 0.267. The third-order valence-electron chi connectivity index (χ3n) is 2.58. The largest absolute Gasteiger partial charge is 0.491 e. The molecule has 0 radical (unpaired) electrons. The first-order valence-corrected chi connectivity index (χ1v) is 6.59. The van der Waals surface area contributed by atoms with Crippen molar-refractivity contribution in [1.82, 2.24) is 5.32 Å². The van der Waals surface area contributed by atoms with Crippen molar-refractivity contribution in [2.45, 2.75) is 26.4 Å².